The second-order valence-corrected chi connectivity index (χ2v) is 4.30. The monoisotopic (exact) mass is 202 g/mol. The Balaban J connectivity index is 3.03. The first-order valence-electron chi connectivity index (χ1n) is 2.27. The molecule has 0 aromatic carbocycles. The standard InChI is InChI=1S/C3HF3N2OS2/c4-3(5,6)2-8-7-1-11(2)10-9/h1H. The highest BCUT2D eigenvalue weighted by Crippen LogP contribution is 2.21. The van der Waals surface area contributed by atoms with Gasteiger partial charge in [-0.25, -0.2) is 4.21 Å². The first-order chi connectivity index (χ1) is 5.05. The summed E-state index contributed by atoms with van der Waals surface area (Å²) in [4.78, 5) is 0. The van der Waals surface area contributed by atoms with Crippen molar-refractivity contribution in [1.29, 1.82) is 0 Å². The lowest BCUT2D eigenvalue weighted by Crippen LogP contribution is -2.25. The molecule has 8 heteroatoms. The molecule has 0 saturated heterocycles. The SMILES string of the molecule is O=S=S1C=NN=C1C(F)(F)F. The average Bonchev–Trinajstić information content (AvgIpc) is 2.31. The largest absolute Gasteiger partial charge is 0.442 e. The Bertz CT molecular complexity index is 287. The van der Waals surface area contributed by atoms with E-state index in [-0.39, 0.29) is 10.2 Å². The molecule has 1 heterocycles. The molecule has 1 aliphatic heterocycles. The molecule has 0 bridgehead atoms. The van der Waals surface area contributed by atoms with Crippen LogP contribution in [0.3, 0.4) is 0 Å². The highest BCUT2D eigenvalue weighted by atomic mass is 32.8. The van der Waals surface area contributed by atoms with Crippen LogP contribution in [-0.2, 0) is 19.7 Å². The van der Waals surface area contributed by atoms with E-state index in [1.807, 2.05) is 0 Å². The predicted molar refractivity (Wildman–Crippen MR) is 37.5 cm³/mol. The van der Waals surface area contributed by atoms with E-state index < -0.39 is 20.7 Å². The van der Waals surface area contributed by atoms with Gasteiger partial charge in [0.1, 0.15) is 10.2 Å². The van der Waals surface area contributed by atoms with Crippen LogP contribution < -0.4 is 0 Å². The predicted octanol–water partition coefficient (Wildman–Crippen LogP) is 0.650. The molecule has 0 fully saturated rings. The molecule has 0 aromatic heterocycles. The molecule has 11 heavy (non-hydrogen) atoms. The number of halogens is 3. The van der Waals surface area contributed by atoms with Gasteiger partial charge in [-0.2, -0.15) is 18.3 Å². The summed E-state index contributed by atoms with van der Waals surface area (Å²) in [5.74, 6) is 0. The lowest BCUT2D eigenvalue weighted by atomic mass is 10.7. The summed E-state index contributed by atoms with van der Waals surface area (Å²) in [7, 11) is -1.70. The molecule has 3 nitrogen and oxygen atoms in total. The van der Waals surface area contributed by atoms with E-state index in [1.54, 1.807) is 0 Å². The smallest absolute Gasteiger partial charge is 0.205 e. The van der Waals surface area contributed by atoms with Gasteiger partial charge in [-0.15, -0.1) is 5.10 Å². The summed E-state index contributed by atoms with van der Waals surface area (Å²) in [6.45, 7) is 0. The van der Waals surface area contributed by atoms with Gasteiger partial charge in [0.25, 0.3) is 0 Å². The molecular formula is C3HF3N2OS2. The molecule has 0 saturated carbocycles. The third kappa shape index (κ3) is 1.74. The second-order valence-electron chi connectivity index (χ2n) is 1.49. The van der Waals surface area contributed by atoms with Crippen molar-refractivity contribution in [2.75, 3.05) is 0 Å². The first-order valence-corrected chi connectivity index (χ1v) is 4.82. The summed E-state index contributed by atoms with van der Waals surface area (Å²) >= 11 is 0. The van der Waals surface area contributed by atoms with Gasteiger partial charge >= 0.3 is 6.18 Å². The molecule has 0 amide bonds. The first kappa shape index (κ1) is 8.60. The molecule has 0 aliphatic carbocycles. The van der Waals surface area contributed by atoms with Crippen molar-refractivity contribution >= 4 is 30.3 Å². The van der Waals surface area contributed by atoms with Crippen LogP contribution in [0.5, 0.6) is 0 Å². The van der Waals surface area contributed by atoms with Gasteiger partial charge in [0, 0.05) is 9.45 Å². The normalized spacial score (nSPS) is 23.5. The van der Waals surface area contributed by atoms with Crippen LogP contribution in [0, 0.1) is 0 Å². The lowest BCUT2D eigenvalue weighted by Gasteiger charge is -2.02. The van der Waals surface area contributed by atoms with Gasteiger partial charge in [0.05, 0.1) is 5.55 Å². The number of rotatable bonds is 0. The van der Waals surface area contributed by atoms with E-state index in [0.717, 1.165) is 5.55 Å². The zero-order valence-corrected chi connectivity index (χ0v) is 6.46. The minimum Gasteiger partial charge on any atom is -0.205 e. The fourth-order valence-electron chi connectivity index (χ4n) is 0.430. The van der Waals surface area contributed by atoms with E-state index in [4.69, 9.17) is 0 Å². The zero-order chi connectivity index (χ0) is 8.48. The van der Waals surface area contributed by atoms with Crippen LogP contribution in [0.1, 0.15) is 0 Å². The molecule has 1 atom stereocenters. The zero-order valence-electron chi connectivity index (χ0n) is 4.83. The van der Waals surface area contributed by atoms with Crippen LogP contribution in [0.15, 0.2) is 10.2 Å². The van der Waals surface area contributed by atoms with E-state index in [1.165, 1.54) is 0 Å². The van der Waals surface area contributed by atoms with Gasteiger partial charge in [-0.1, -0.05) is 0 Å². The summed E-state index contributed by atoms with van der Waals surface area (Å²) in [6, 6.07) is 0. The van der Waals surface area contributed by atoms with Crippen molar-refractivity contribution in [3.8, 4) is 0 Å². The highest BCUT2D eigenvalue weighted by molar-refractivity contribution is 8.46. The van der Waals surface area contributed by atoms with Crippen LogP contribution in [0.25, 0.3) is 0 Å². The molecule has 1 rings (SSSR count). The number of hydrogen-bond acceptors (Lipinski definition) is 3. The van der Waals surface area contributed by atoms with Crippen molar-refractivity contribution in [2.45, 2.75) is 6.18 Å². The fraction of sp³-hybridized carbons (Fsp3) is 0.333. The van der Waals surface area contributed by atoms with Crippen molar-refractivity contribution in [2.24, 2.45) is 10.2 Å². The van der Waals surface area contributed by atoms with Crippen LogP contribution in [0.4, 0.5) is 13.2 Å². The Kier molecular flexibility index (Phi) is 2.23. The Morgan fingerprint density at radius 3 is 2.55 bits per heavy atom. The molecular weight excluding hydrogens is 201 g/mol. The summed E-state index contributed by atoms with van der Waals surface area (Å²) in [6.07, 6.45) is -4.53. The number of alkyl halides is 3. The second kappa shape index (κ2) is 2.86. The van der Waals surface area contributed by atoms with Crippen molar-refractivity contribution < 1.29 is 17.4 Å². The molecule has 0 radical (unpaired) electrons. The minimum atomic E-state index is -4.53. The number of hydrogen-bond donors (Lipinski definition) is 0. The van der Waals surface area contributed by atoms with Crippen molar-refractivity contribution in [1.82, 2.24) is 0 Å². The number of nitrogens with zero attached hydrogens (tertiary/aromatic N) is 2. The summed E-state index contributed by atoms with van der Waals surface area (Å²) in [5.41, 5.74) is 0.903. The van der Waals surface area contributed by atoms with Gasteiger partial charge in [-0.3, -0.25) is 0 Å². The Morgan fingerprint density at radius 2 is 2.18 bits per heavy atom. The van der Waals surface area contributed by atoms with Gasteiger partial charge in [-0.05, 0) is 0 Å². The molecule has 1 aliphatic rings. The molecule has 1 unspecified atom stereocenters. The molecule has 62 valence electrons. The minimum absolute atomic E-state index is 0.155. The van der Waals surface area contributed by atoms with Crippen molar-refractivity contribution in [3.63, 3.8) is 0 Å². The topological polar surface area (TPSA) is 41.8 Å². The summed E-state index contributed by atoms with van der Waals surface area (Å²) < 4.78 is 45.6. The third-order valence-electron chi connectivity index (χ3n) is 0.798. The Morgan fingerprint density at radius 1 is 1.55 bits per heavy atom. The van der Waals surface area contributed by atoms with Crippen LogP contribution in [-0.4, -0.2) is 21.0 Å². The molecule has 0 spiro atoms. The van der Waals surface area contributed by atoms with Gasteiger partial charge in [0.15, 0.2) is 0 Å². The maximum atomic E-state index is 11.8. The average molecular weight is 202 g/mol. The van der Waals surface area contributed by atoms with E-state index in [2.05, 4.69) is 10.2 Å². The van der Waals surface area contributed by atoms with Crippen LogP contribution in [0.2, 0.25) is 0 Å². The quantitative estimate of drug-likeness (QED) is 0.568. The third-order valence-corrected chi connectivity index (χ3v) is 3.10. The fourth-order valence-corrected chi connectivity index (χ4v) is 1.92. The highest BCUT2D eigenvalue weighted by Gasteiger charge is 2.40. The van der Waals surface area contributed by atoms with Gasteiger partial charge in [0.2, 0.25) is 5.04 Å². The Hall–Kier alpha value is -0.500. The summed E-state index contributed by atoms with van der Waals surface area (Å²) in [5, 5.41) is 4.73. The lowest BCUT2D eigenvalue weighted by molar-refractivity contribution is -0.0555. The van der Waals surface area contributed by atoms with Crippen LogP contribution >= 0.6 is 0 Å². The molecule has 0 aromatic rings. The van der Waals surface area contributed by atoms with E-state index in [9.17, 15) is 17.4 Å². The Labute approximate surface area is 64.7 Å². The molecule has 0 N–H and O–H groups in total. The van der Waals surface area contributed by atoms with E-state index >= 15 is 0 Å². The maximum absolute atomic E-state index is 11.8. The maximum Gasteiger partial charge on any atom is 0.442 e. The van der Waals surface area contributed by atoms with Gasteiger partial charge < -0.3 is 0 Å². The van der Waals surface area contributed by atoms with E-state index in [0.29, 0.717) is 0 Å². The van der Waals surface area contributed by atoms with Crippen molar-refractivity contribution in [3.05, 3.63) is 0 Å².